The summed E-state index contributed by atoms with van der Waals surface area (Å²) in [6.45, 7) is 6.73. The standard InChI is InChI=1S/C41H41Cl2N7O7/c1-41(2,3)57-40(55)49(21-26-11-12-34(51)46-26)22-32-37(56-4)47-31(17-44-32)30-10-6-9-29(36(30)43)28-8-5-7-27(35(28)42)23-13-14-50-33(15-23)45-16-24(38(50)52)18-48-19-25(20-48)39(53)54/h5-10,13-17,25-26H,11-12,18-22H2,1-4H3,(H,46,51)(H,53,54). The summed E-state index contributed by atoms with van der Waals surface area (Å²) < 4.78 is 12.8. The Morgan fingerprint density at radius 3 is 2.32 bits per heavy atom. The molecule has 5 heterocycles. The van der Waals surface area contributed by atoms with Gasteiger partial charge in [-0.3, -0.25) is 28.7 Å². The molecule has 0 bridgehead atoms. The lowest BCUT2D eigenvalue weighted by Crippen LogP contribution is -2.50. The van der Waals surface area contributed by atoms with Crippen LogP contribution >= 0.6 is 23.2 Å². The molecule has 1 atom stereocenters. The molecular formula is C41H41Cl2N7O7. The molecule has 0 spiro atoms. The van der Waals surface area contributed by atoms with E-state index >= 15 is 0 Å². The summed E-state index contributed by atoms with van der Waals surface area (Å²) in [5, 5.41) is 12.9. The molecule has 5 aromatic rings. The summed E-state index contributed by atoms with van der Waals surface area (Å²) in [5.41, 5.74) is 4.12. The van der Waals surface area contributed by atoms with Crippen molar-refractivity contribution in [2.75, 3.05) is 26.7 Å². The predicted molar refractivity (Wildman–Crippen MR) is 214 cm³/mol. The van der Waals surface area contributed by atoms with Gasteiger partial charge in [0.15, 0.2) is 0 Å². The van der Waals surface area contributed by atoms with E-state index in [0.29, 0.717) is 87.4 Å². The lowest BCUT2D eigenvalue weighted by molar-refractivity contribution is -0.147. The maximum absolute atomic E-state index is 13.3. The highest BCUT2D eigenvalue weighted by atomic mass is 35.5. The second kappa shape index (κ2) is 16.1. The van der Waals surface area contributed by atoms with Crippen molar-refractivity contribution in [2.45, 2.75) is 58.3 Å². The molecule has 57 heavy (non-hydrogen) atoms. The van der Waals surface area contributed by atoms with E-state index in [2.05, 4.69) is 15.3 Å². The van der Waals surface area contributed by atoms with Gasteiger partial charge in [-0.2, -0.15) is 0 Å². The van der Waals surface area contributed by atoms with Gasteiger partial charge >= 0.3 is 12.1 Å². The number of nitrogens with zero attached hydrogens (tertiary/aromatic N) is 6. The number of nitrogens with one attached hydrogen (secondary N) is 1. The second-order valence-electron chi connectivity index (χ2n) is 15.2. The summed E-state index contributed by atoms with van der Waals surface area (Å²) in [7, 11) is 1.47. The van der Waals surface area contributed by atoms with Crippen LogP contribution in [0, 0.1) is 5.92 Å². The maximum Gasteiger partial charge on any atom is 0.410 e. The van der Waals surface area contributed by atoms with Gasteiger partial charge < -0.3 is 24.8 Å². The number of amides is 2. The Labute approximate surface area is 338 Å². The SMILES string of the molecule is COc1nc(-c2cccc(-c3cccc(-c4ccn5c(=O)c(CN6CC(C(=O)O)C6)cnc5c4)c3Cl)c2Cl)cnc1CN(CC1CCC(=O)N1)C(=O)OC(C)(C)C. The first-order valence-corrected chi connectivity index (χ1v) is 19.2. The van der Waals surface area contributed by atoms with Gasteiger partial charge in [0.25, 0.3) is 5.56 Å². The molecule has 0 saturated carbocycles. The number of carbonyl (C=O) groups is 3. The first kappa shape index (κ1) is 39.7. The van der Waals surface area contributed by atoms with Crippen LogP contribution in [0.25, 0.3) is 39.2 Å². The Morgan fingerprint density at radius 1 is 0.982 bits per heavy atom. The van der Waals surface area contributed by atoms with Crippen LogP contribution in [-0.2, 0) is 27.4 Å². The lowest BCUT2D eigenvalue weighted by atomic mass is 9.97. The number of likely N-dealkylation sites (tertiary alicyclic amines) is 1. The molecule has 2 aliphatic heterocycles. The Balaban J connectivity index is 1.14. The number of ether oxygens (including phenoxy) is 2. The normalized spacial score (nSPS) is 16.0. The smallest absolute Gasteiger partial charge is 0.410 e. The fourth-order valence-corrected chi connectivity index (χ4v) is 7.64. The van der Waals surface area contributed by atoms with E-state index in [4.69, 9.17) is 37.7 Å². The van der Waals surface area contributed by atoms with Gasteiger partial charge in [-0.1, -0.05) is 59.6 Å². The van der Waals surface area contributed by atoms with Gasteiger partial charge in [0, 0.05) is 73.3 Å². The van der Waals surface area contributed by atoms with E-state index in [1.807, 2.05) is 41.3 Å². The minimum absolute atomic E-state index is 0.0293. The number of carboxylic acids is 1. The van der Waals surface area contributed by atoms with Crippen molar-refractivity contribution < 1.29 is 29.0 Å². The number of fused-ring (bicyclic) bond motifs is 1. The highest BCUT2D eigenvalue weighted by molar-refractivity contribution is 6.39. The Bertz CT molecular complexity index is 2450. The van der Waals surface area contributed by atoms with Crippen LogP contribution in [0.2, 0.25) is 10.0 Å². The molecule has 2 fully saturated rings. The van der Waals surface area contributed by atoms with Crippen LogP contribution < -0.4 is 15.6 Å². The summed E-state index contributed by atoms with van der Waals surface area (Å²) in [4.78, 5) is 67.0. The third-order valence-electron chi connectivity index (χ3n) is 9.88. The lowest BCUT2D eigenvalue weighted by Gasteiger charge is -2.36. The summed E-state index contributed by atoms with van der Waals surface area (Å²) >= 11 is 14.2. The zero-order valence-electron chi connectivity index (χ0n) is 31.8. The minimum Gasteiger partial charge on any atom is -0.481 e. The fraction of sp³-hybridized carbons (Fsp3) is 0.341. The first-order valence-electron chi connectivity index (χ1n) is 18.4. The molecule has 2 N–H and O–H groups in total. The van der Waals surface area contributed by atoms with Crippen LogP contribution in [0.4, 0.5) is 4.79 Å². The molecule has 1 unspecified atom stereocenters. The Hall–Kier alpha value is -5.57. The number of pyridine rings is 1. The number of rotatable bonds is 11. The first-order chi connectivity index (χ1) is 27.2. The molecule has 2 saturated heterocycles. The average Bonchev–Trinajstić information content (AvgIpc) is 3.57. The topological polar surface area (TPSA) is 169 Å². The van der Waals surface area contributed by atoms with Gasteiger partial charge in [0.05, 0.1) is 47.1 Å². The Morgan fingerprint density at radius 2 is 1.67 bits per heavy atom. The van der Waals surface area contributed by atoms with E-state index in [0.717, 1.165) is 5.56 Å². The molecule has 0 radical (unpaired) electrons. The summed E-state index contributed by atoms with van der Waals surface area (Å²) in [5.74, 6) is -1.11. The molecule has 7 rings (SSSR count). The quantitative estimate of drug-likeness (QED) is 0.153. The van der Waals surface area contributed by atoms with Crippen molar-refractivity contribution in [3.63, 3.8) is 0 Å². The molecule has 3 aromatic heterocycles. The molecule has 16 heteroatoms. The van der Waals surface area contributed by atoms with E-state index in [1.165, 1.54) is 22.6 Å². The zero-order chi connectivity index (χ0) is 40.6. The third kappa shape index (κ3) is 8.58. The monoisotopic (exact) mass is 813 g/mol. The van der Waals surface area contributed by atoms with Crippen LogP contribution in [0.3, 0.4) is 0 Å². The van der Waals surface area contributed by atoms with Crippen LogP contribution in [-0.4, -0.2) is 90.6 Å². The van der Waals surface area contributed by atoms with E-state index in [9.17, 15) is 24.3 Å². The molecule has 0 aliphatic carbocycles. The van der Waals surface area contributed by atoms with Gasteiger partial charge in [-0.15, -0.1) is 0 Å². The highest BCUT2D eigenvalue weighted by Gasteiger charge is 2.33. The minimum atomic E-state index is -0.832. The van der Waals surface area contributed by atoms with Crippen molar-refractivity contribution in [3.8, 4) is 39.4 Å². The number of hydrogen-bond acceptors (Lipinski definition) is 10. The van der Waals surface area contributed by atoms with Gasteiger partial charge in [-0.05, 0) is 44.9 Å². The van der Waals surface area contributed by atoms with Crippen molar-refractivity contribution in [3.05, 3.63) is 98.8 Å². The van der Waals surface area contributed by atoms with Crippen LogP contribution in [0.15, 0.2) is 71.9 Å². The fourth-order valence-electron chi connectivity index (χ4n) is 6.98. The summed E-state index contributed by atoms with van der Waals surface area (Å²) in [6, 6.07) is 14.5. The molecule has 14 nitrogen and oxygen atoms in total. The third-order valence-corrected chi connectivity index (χ3v) is 10.7. The van der Waals surface area contributed by atoms with Gasteiger partial charge in [-0.25, -0.2) is 14.8 Å². The molecule has 296 valence electrons. The van der Waals surface area contributed by atoms with Gasteiger partial charge in [0.1, 0.15) is 16.9 Å². The van der Waals surface area contributed by atoms with E-state index in [-0.39, 0.29) is 36.5 Å². The number of halogens is 2. The van der Waals surface area contributed by atoms with E-state index in [1.54, 1.807) is 45.3 Å². The largest absolute Gasteiger partial charge is 0.481 e. The van der Waals surface area contributed by atoms with Crippen molar-refractivity contribution in [1.29, 1.82) is 0 Å². The molecule has 2 aromatic carbocycles. The van der Waals surface area contributed by atoms with Gasteiger partial charge in [0.2, 0.25) is 11.8 Å². The molecule has 2 amide bonds. The zero-order valence-corrected chi connectivity index (χ0v) is 33.3. The number of hydrogen-bond donors (Lipinski definition) is 2. The molecule has 2 aliphatic rings. The number of benzene rings is 2. The number of aromatic nitrogens is 4. The number of aliphatic carboxylic acids is 1. The number of carboxylic acid groups (broad SMARTS) is 1. The number of methoxy groups -OCH3 is 1. The number of carbonyl (C=O) groups excluding carboxylic acids is 2. The van der Waals surface area contributed by atoms with Crippen molar-refractivity contribution in [1.82, 2.24) is 34.5 Å². The van der Waals surface area contributed by atoms with Crippen molar-refractivity contribution >= 4 is 46.8 Å². The van der Waals surface area contributed by atoms with E-state index < -0.39 is 23.6 Å². The second-order valence-corrected chi connectivity index (χ2v) is 15.9. The average molecular weight is 815 g/mol. The predicted octanol–water partition coefficient (Wildman–Crippen LogP) is 6.33. The maximum atomic E-state index is 13.3. The molecular weight excluding hydrogens is 773 g/mol. The highest BCUT2D eigenvalue weighted by Crippen LogP contribution is 2.42. The van der Waals surface area contributed by atoms with Crippen LogP contribution in [0.1, 0.15) is 44.9 Å². The Kier molecular flexibility index (Phi) is 11.2. The van der Waals surface area contributed by atoms with Crippen molar-refractivity contribution in [2.24, 2.45) is 5.92 Å². The summed E-state index contributed by atoms with van der Waals surface area (Å²) in [6.07, 6.45) is 5.21. The van der Waals surface area contributed by atoms with Crippen LogP contribution in [0.5, 0.6) is 5.88 Å².